The minimum atomic E-state index is -4.47. The van der Waals surface area contributed by atoms with Crippen LogP contribution in [0.3, 0.4) is 0 Å². The SMILES string of the molecule is Cc1nc(C)c(-c2cc(-c3cccc(C(F)(F)F)c3)nc(Nc3ccc(F)cc3)n2)s1. The van der Waals surface area contributed by atoms with Crippen molar-refractivity contribution in [1.82, 2.24) is 15.0 Å². The van der Waals surface area contributed by atoms with Gasteiger partial charge < -0.3 is 5.32 Å². The van der Waals surface area contributed by atoms with Gasteiger partial charge in [0.05, 0.1) is 32.5 Å². The first-order chi connectivity index (χ1) is 14.7. The van der Waals surface area contributed by atoms with Gasteiger partial charge in [-0.1, -0.05) is 12.1 Å². The Kier molecular flexibility index (Phi) is 5.45. The highest BCUT2D eigenvalue weighted by Gasteiger charge is 2.30. The van der Waals surface area contributed by atoms with Gasteiger partial charge in [-0.3, -0.25) is 0 Å². The summed E-state index contributed by atoms with van der Waals surface area (Å²) in [6, 6.07) is 12.2. The van der Waals surface area contributed by atoms with E-state index in [9.17, 15) is 17.6 Å². The summed E-state index contributed by atoms with van der Waals surface area (Å²) >= 11 is 1.44. The number of alkyl halides is 3. The van der Waals surface area contributed by atoms with E-state index >= 15 is 0 Å². The second-order valence-electron chi connectivity index (χ2n) is 6.82. The van der Waals surface area contributed by atoms with Gasteiger partial charge in [0.2, 0.25) is 5.95 Å². The number of hydrogen-bond donors (Lipinski definition) is 1. The monoisotopic (exact) mass is 444 g/mol. The standard InChI is InChI=1S/C22H16F4N4S/c1-12-20(31-13(2)27-12)19-11-18(14-4-3-5-15(10-14)22(24,25)26)29-21(30-19)28-17-8-6-16(23)7-9-17/h3-11H,1-2H3,(H,28,29,30). The van der Waals surface area contributed by atoms with Crippen LogP contribution in [0.5, 0.6) is 0 Å². The molecule has 158 valence electrons. The molecule has 0 aliphatic heterocycles. The van der Waals surface area contributed by atoms with Crippen molar-refractivity contribution in [2.75, 3.05) is 5.32 Å². The average Bonchev–Trinajstić information content (AvgIpc) is 3.07. The normalized spacial score (nSPS) is 11.5. The molecule has 4 rings (SSSR count). The van der Waals surface area contributed by atoms with E-state index in [1.165, 1.54) is 41.7 Å². The Morgan fingerprint density at radius 2 is 1.58 bits per heavy atom. The fourth-order valence-corrected chi connectivity index (χ4v) is 3.93. The van der Waals surface area contributed by atoms with E-state index < -0.39 is 11.7 Å². The van der Waals surface area contributed by atoms with Crippen LogP contribution in [0.2, 0.25) is 0 Å². The molecule has 0 unspecified atom stereocenters. The molecule has 0 saturated carbocycles. The lowest BCUT2D eigenvalue weighted by atomic mass is 10.1. The van der Waals surface area contributed by atoms with Gasteiger partial charge in [0.25, 0.3) is 0 Å². The number of benzene rings is 2. The maximum absolute atomic E-state index is 13.2. The molecule has 0 spiro atoms. The average molecular weight is 444 g/mol. The highest BCUT2D eigenvalue weighted by atomic mass is 32.1. The van der Waals surface area contributed by atoms with Crippen LogP contribution >= 0.6 is 11.3 Å². The first-order valence-corrected chi connectivity index (χ1v) is 10.0. The Morgan fingerprint density at radius 3 is 2.23 bits per heavy atom. The molecule has 2 heterocycles. The van der Waals surface area contributed by atoms with E-state index in [0.717, 1.165) is 27.7 Å². The molecule has 9 heteroatoms. The fourth-order valence-electron chi connectivity index (χ4n) is 3.05. The van der Waals surface area contributed by atoms with Gasteiger partial charge >= 0.3 is 6.18 Å². The minimum Gasteiger partial charge on any atom is -0.324 e. The summed E-state index contributed by atoms with van der Waals surface area (Å²) in [5, 5.41) is 3.84. The van der Waals surface area contributed by atoms with Crippen LogP contribution in [0.25, 0.3) is 21.8 Å². The van der Waals surface area contributed by atoms with Crippen LogP contribution in [0.4, 0.5) is 29.2 Å². The van der Waals surface area contributed by atoms with Crippen molar-refractivity contribution in [3.05, 3.63) is 76.7 Å². The Bertz CT molecular complexity index is 1230. The maximum Gasteiger partial charge on any atom is 0.416 e. The van der Waals surface area contributed by atoms with Crippen molar-refractivity contribution in [3.8, 4) is 21.8 Å². The van der Waals surface area contributed by atoms with Crippen LogP contribution in [-0.4, -0.2) is 15.0 Å². The van der Waals surface area contributed by atoms with Crippen LogP contribution in [-0.2, 0) is 6.18 Å². The summed E-state index contributed by atoms with van der Waals surface area (Å²) in [6.45, 7) is 3.71. The summed E-state index contributed by atoms with van der Waals surface area (Å²) in [6.07, 6.45) is -4.47. The van der Waals surface area contributed by atoms with Gasteiger partial charge in [0, 0.05) is 11.3 Å². The van der Waals surface area contributed by atoms with Crippen LogP contribution in [0.1, 0.15) is 16.3 Å². The summed E-state index contributed by atoms with van der Waals surface area (Å²) in [5.41, 5.74) is 1.72. The molecule has 0 aliphatic carbocycles. The molecule has 0 fully saturated rings. The molecule has 31 heavy (non-hydrogen) atoms. The molecule has 0 saturated heterocycles. The lowest BCUT2D eigenvalue weighted by Crippen LogP contribution is -2.05. The lowest BCUT2D eigenvalue weighted by molar-refractivity contribution is -0.137. The molecule has 4 nitrogen and oxygen atoms in total. The van der Waals surface area contributed by atoms with Gasteiger partial charge in [-0.15, -0.1) is 11.3 Å². The maximum atomic E-state index is 13.2. The van der Waals surface area contributed by atoms with Crippen molar-refractivity contribution >= 4 is 23.0 Å². The number of nitrogens with one attached hydrogen (secondary N) is 1. The molecule has 2 aromatic heterocycles. The number of aromatic nitrogens is 3. The zero-order valence-corrected chi connectivity index (χ0v) is 17.3. The summed E-state index contributed by atoms with van der Waals surface area (Å²) < 4.78 is 52.8. The molecule has 0 aliphatic rings. The Morgan fingerprint density at radius 1 is 0.871 bits per heavy atom. The third kappa shape index (κ3) is 4.72. The first kappa shape index (κ1) is 20.9. The van der Waals surface area contributed by atoms with Crippen LogP contribution < -0.4 is 5.32 Å². The summed E-state index contributed by atoms with van der Waals surface area (Å²) in [7, 11) is 0. The molecule has 4 aromatic rings. The van der Waals surface area contributed by atoms with E-state index in [4.69, 9.17) is 0 Å². The van der Waals surface area contributed by atoms with Crippen molar-refractivity contribution in [3.63, 3.8) is 0 Å². The molecule has 0 bridgehead atoms. The van der Waals surface area contributed by atoms with Crippen molar-refractivity contribution < 1.29 is 17.6 Å². The van der Waals surface area contributed by atoms with E-state index in [-0.39, 0.29) is 11.8 Å². The lowest BCUT2D eigenvalue weighted by Gasteiger charge is -2.12. The highest BCUT2D eigenvalue weighted by Crippen LogP contribution is 2.35. The Balaban J connectivity index is 1.83. The fraction of sp³-hybridized carbons (Fsp3) is 0.136. The van der Waals surface area contributed by atoms with Gasteiger partial charge in [-0.05, 0) is 56.3 Å². The third-order valence-corrected chi connectivity index (χ3v) is 5.54. The second-order valence-corrected chi connectivity index (χ2v) is 8.02. The number of nitrogens with zero attached hydrogens (tertiary/aromatic N) is 3. The largest absolute Gasteiger partial charge is 0.416 e. The third-order valence-electron chi connectivity index (χ3n) is 4.45. The minimum absolute atomic E-state index is 0.182. The number of anilines is 2. The smallest absolute Gasteiger partial charge is 0.324 e. The molecule has 2 aromatic carbocycles. The van der Waals surface area contributed by atoms with Crippen molar-refractivity contribution in [2.24, 2.45) is 0 Å². The molecule has 1 N–H and O–H groups in total. The number of hydrogen-bond acceptors (Lipinski definition) is 5. The van der Waals surface area contributed by atoms with Crippen LogP contribution in [0.15, 0.2) is 54.6 Å². The zero-order valence-electron chi connectivity index (χ0n) is 16.5. The number of thiazole rings is 1. The Hall–Kier alpha value is -3.33. The molecule has 0 atom stereocenters. The van der Waals surface area contributed by atoms with Gasteiger partial charge in [-0.2, -0.15) is 13.2 Å². The molecule has 0 radical (unpaired) electrons. The summed E-state index contributed by atoms with van der Waals surface area (Å²) in [4.78, 5) is 14.1. The highest BCUT2D eigenvalue weighted by molar-refractivity contribution is 7.15. The topological polar surface area (TPSA) is 50.7 Å². The quantitative estimate of drug-likeness (QED) is 0.352. The van der Waals surface area contributed by atoms with E-state index in [0.29, 0.717) is 22.6 Å². The Labute approximate surface area is 179 Å². The van der Waals surface area contributed by atoms with E-state index in [1.54, 1.807) is 12.1 Å². The molecular weight excluding hydrogens is 428 g/mol. The molecule has 0 amide bonds. The zero-order chi connectivity index (χ0) is 22.2. The molecular formula is C22H16F4N4S. The van der Waals surface area contributed by atoms with E-state index in [2.05, 4.69) is 20.3 Å². The predicted octanol–water partition coefficient (Wildman–Crippen LogP) is 6.79. The van der Waals surface area contributed by atoms with Crippen LogP contribution in [0, 0.1) is 19.7 Å². The van der Waals surface area contributed by atoms with Crippen molar-refractivity contribution in [2.45, 2.75) is 20.0 Å². The number of halogens is 4. The number of aryl methyl sites for hydroxylation is 2. The van der Waals surface area contributed by atoms with Gasteiger partial charge in [0.1, 0.15) is 5.82 Å². The summed E-state index contributed by atoms with van der Waals surface area (Å²) in [5.74, 6) is -0.206. The predicted molar refractivity (Wildman–Crippen MR) is 113 cm³/mol. The first-order valence-electron chi connectivity index (χ1n) is 9.23. The van der Waals surface area contributed by atoms with Gasteiger partial charge in [-0.25, -0.2) is 19.3 Å². The van der Waals surface area contributed by atoms with Crippen molar-refractivity contribution in [1.29, 1.82) is 0 Å². The van der Waals surface area contributed by atoms with Gasteiger partial charge in [0.15, 0.2) is 0 Å². The second kappa shape index (κ2) is 8.07. The van der Waals surface area contributed by atoms with E-state index in [1.807, 2.05) is 13.8 Å². The number of rotatable bonds is 4.